The average molecular weight is 360 g/mol. The molecule has 3 rings (SSSR count). The van der Waals surface area contributed by atoms with Crippen LogP contribution in [0.25, 0.3) is 11.3 Å². The molecule has 136 valence electrons. The third-order valence-electron chi connectivity index (χ3n) is 3.86. The van der Waals surface area contributed by atoms with Crippen molar-refractivity contribution in [3.8, 4) is 11.3 Å². The number of hydrogen-bond acceptors (Lipinski definition) is 7. The number of nitro benzene ring substituents is 1. The Hall–Kier alpha value is -3.20. The van der Waals surface area contributed by atoms with Crippen LogP contribution in [0.5, 0.6) is 0 Å². The van der Waals surface area contributed by atoms with Crippen LogP contribution in [0.3, 0.4) is 0 Å². The lowest BCUT2D eigenvalue weighted by Crippen LogP contribution is -2.42. The zero-order chi connectivity index (χ0) is 18.5. The highest BCUT2D eigenvalue weighted by Gasteiger charge is 2.20. The lowest BCUT2D eigenvalue weighted by atomic mass is 10.1. The van der Waals surface area contributed by atoms with E-state index in [0.29, 0.717) is 37.6 Å². The number of nitro groups is 1. The largest absolute Gasteiger partial charge is 0.450 e. The Morgan fingerprint density at radius 1 is 1.12 bits per heavy atom. The van der Waals surface area contributed by atoms with Gasteiger partial charge in [0.15, 0.2) is 6.61 Å². The van der Waals surface area contributed by atoms with Crippen LogP contribution in [-0.4, -0.2) is 54.6 Å². The zero-order valence-corrected chi connectivity index (χ0v) is 13.8. The minimum absolute atomic E-state index is 0.0402. The summed E-state index contributed by atoms with van der Waals surface area (Å²) >= 11 is 0. The van der Waals surface area contributed by atoms with Gasteiger partial charge in [-0.2, -0.15) is 0 Å². The first-order valence-corrected chi connectivity index (χ1v) is 7.92. The smallest absolute Gasteiger partial charge is 0.374 e. The second-order valence-corrected chi connectivity index (χ2v) is 5.54. The monoisotopic (exact) mass is 360 g/mol. The molecule has 0 N–H and O–H groups in total. The molecule has 2 aromatic rings. The van der Waals surface area contributed by atoms with Gasteiger partial charge < -0.3 is 18.8 Å². The Labute approximate surface area is 148 Å². The van der Waals surface area contributed by atoms with Gasteiger partial charge in [0, 0.05) is 30.8 Å². The summed E-state index contributed by atoms with van der Waals surface area (Å²) in [5.41, 5.74) is 0.542. The van der Waals surface area contributed by atoms with E-state index in [-0.39, 0.29) is 24.0 Å². The number of nitrogens with zero attached hydrogens (tertiary/aromatic N) is 2. The van der Waals surface area contributed by atoms with E-state index < -0.39 is 10.9 Å². The van der Waals surface area contributed by atoms with Crippen LogP contribution in [0.2, 0.25) is 0 Å². The van der Waals surface area contributed by atoms with Crippen molar-refractivity contribution in [2.24, 2.45) is 0 Å². The van der Waals surface area contributed by atoms with Crippen molar-refractivity contribution in [2.45, 2.75) is 0 Å². The Kier molecular flexibility index (Phi) is 5.28. The molecular weight excluding hydrogens is 344 g/mol. The van der Waals surface area contributed by atoms with Crippen LogP contribution in [0.4, 0.5) is 5.69 Å². The van der Waals surface area contributed by atoms with Crippen molar-refractivity contribution < 1.29 is 28.4 Å². The number of amides is 1. The van der Waals surface area contributed by atoms with E-state index in [2.05, 4.69) is 0 Å². The average Bonchev–Trinajstić information content (AvgIpc) is 3.17. The number of furan rings is 1. The van der Waals surface area contributed by atoms with E-state index in [1.54, 1.807) is 11.0 Å². The lowest BCUT2D eigenvalue weighted by molar-refractivity contribution is -0.384. The molecule has 0 unspecified atom stereocenters. The summed E-state index contributed by atoms with van der Waals surface area (Å²) in [5.74, 6) is -0.719. The predicted molar refractivity (Wildman–Crippen MR) is 88.5 cm³/mol. The van der Waals surface area contributed by atoms with Gasteiger partial charge in [-0.15, -0.1) is 0 Å². The van der Waals surface area contributed by atoms with Crippen LogP contribution >= 0.6 is 0 Å². The molecule has 1 saturated heterocycles. The van der Waals surface area contributed by atoms with Gasteiger partial charge in [-0.3, -0.25) is 14.9 Å². The fourth-order valence-corrected chi connectivity index (χ4v) is 2.45. The van der Waals surface area contributed by atoms with Crippen LogP contribution in [0.1, 0.15) is 10.6 Å². The van der Waals surface area contributed by atoms with Crippen LogP contribution in [-0.2, 0) is 14.3 Å². The molecule has 1 aliphatic heterocycles. The number of benzene rings is 1. The van der Waals surface area contributed by atoms with Crippen LogP contribution in [0, 0.1) is 10.1 Å². The summed E-state index contributed by atoms with van der Waals surface area (Å²) in [6.07, 6.45) is 0. The summed E-state index contributed by atoms with van der Waals surface area (Å²) < 4.78 is 15.6. The first kappa shape index (κ1) is 17.6. The number of carbonyl (C=O) groups excluding carboxylic acids is 2. The molecule has 9 heteroatoms. The fraction of sp³-hybridized carbons (Fsp3) is 0.294. The van der Waals surface area contributed by atoms with Crippen LogP contribution in [0.15, 0.2) is 40.8 Å². The van der Waals surface area contributed by atoms with Crippen molar-refractivity contribution in [1.29, 1.82) is 0 Å². The highest BCUT2D eigenvalue weighted by atomic mass is 16.6. The van der Waals surface area contributed by atoms with Gasteiger partial charge in [-0.05, 0) is 24.3 Å². The maximum Gasteiger partial charge on any atom is 0.374 e. The summed E-state index contributed by atoms with van der Waals surface area (Å²) in [6.45, 7) is 1.52. The normalized spacial score (nSPS) is 14.1. The molecule has 0 saturated carbocycles. The van der Waals surface area contributed by atoms with Crippen molar-refractivity contribution in [3.05, 3.63) is 52.3 Å². The van der Waals surface area contributed by atoms with E-state index in [4.69, 9.17) is 13.9 Å². The van der Waals surface area contributed by atoms with Gasteiger partial charge in [-0.1, -0.05) is 0 Å². The van der Waals surface area contributed by atoms with Crippen LogP contribution < -0.4 is 0 Å². The van der Waals surface area contributed by atoms with Crippen molar-refractivity contribution in [2.75, 3.05) is 32.9 Å². The van der Waals surface area contributed by atoms with E-state index in [1.165, 1.54) is 30.3 Å². The zero-order valence-electron chi connectivity index (χ0n) is 13.8. The molecule has 0 aliphatic carbocycles. The molecule has 1 aromatic carbocycles. The molecule has 1 aliphatic rings. The number of ether oxygens (including phenoxy) is 2. The maximum atomic E-state index is 12.0. The highest BCUT2D eigenvalue weighted by Crippen LogP contribution is 2.24. The highest BCUT2D eigenvalue weighted by molar-refractivity contribution is 5.89. The molecular formula is C17H16N2O7. The van der Waals surface area contributed by atoms with Crippen molar-refractivity contribution in [1.82, 2.24) is 4.90 Å². The number of esters is 1. The second-order valence-electron chi connectivity index (χ2n) is 5.54. The quantitative estimate of drug-likeness (QED) is 0.454. The lowest BCUT2D eigenvalue weighted by Gasteiger charge is -2.26. The Morgan fingerprint density at radius 3 is 2.46 bits per heavy atom. The Balaban J connectivity index is 1.59. The molecule has 1 aromatic heterocycles. The minimum atomic E-state index is -0.750. The molecule has 0 spiro atoms. The molecule has 0 atom stereocenters. The molecule has 1 fully saturated rings. The number of non-ortho nitro benzene ring substituents is 1. The number of morpholine rings is 1. The number of rotatable bonds is 5. The van der Waals surface area contributed by atoms with Crippen molar-refractivity contribution >= 4 is 17.6 Å². The van der Waals surface area contributed by atoms with E-state index in [1.807, 2.05) is 0 Å². The molecule has 0 radical (unpaired) electrons. The first-order valence-electron chi connectivity index (χ1n) is 7.92. The minimum Gasteiger partial charge on any atom is -0.450 e. The van der Waals surface area contributed by atoms with Gasteiger partial charge in [0.25, 0.3) is 11.6 Å². The van der Waals surface area contributed by atoms with Gasteiger partial charge in [-0.25, -0.2) is 4.79 Å². The molecule has 9 nitrogen and oxygen atoms in total. The van der Waals surface area contributed by atoms with Gasteiger partial charge in [0.1, 0.15) is 5.76 Å². The topological polar surface area (TPSA) is 112 Å². The summed E-state index contributed by atoms with van der Waals surface area (Å²) in [7, 11) is 0. The predicted octanol–water partition coefficient (Wildman–Crippen LogP) is 1.87. The maximum absolute atomic E-state index is 12.0. The Morgan fingerprint density at radius 2 is 1.81 bits per heavy atom. The van der Waals surface area contributed by atoms with Gasteiger partial charge >= 0.3 is 5.97 Å². The summed E-state index contributed by atoms with van der Waals surface area (Å²) in [5, 5.41) is 10.7. The standard InChI is InChI=1S/C17H16N2O7/c20-16(18-7-9-24-10-8-18)11-25-17(21)15-6-5-14(26-15)12-1-3-13(4-2-12)19(22)23/h1-6H,7-11H2. The third-order valence-corrected chi connectivity index (χ3v) is 3.86. The number of hydrogen-bond donors (Lipinski definition) is 0. The molecule has 2 heterocycles. The summed E-state index contributed by atoms with van der Waals surface area (Å²) in [6, 6.07) is 8.72. The molecule has 1 amide bonds. The van der Waals surface area contributed by atoms with E-state index >= 15 is 0 Å². The SMILES string of the molecule is O=C(OCC(=O)N1CCOCC1)c1ccc(-c2ccc([N+](=O)[O-])cc2)o1. The Bertz CT molecular complexity index is 807. The fourth-order valence-electron chi connectivity index (χ4n) is 2.45. The molecule has 0 bridgehead atoms. The van der Waals surface area contributed by atoms with Gasteiger partial charge in [0.05, 0.1) is 18.1 Å². The second kappa shape index (κ2) is 7.79. The van der Waals surface area contributed by atoms with Gasteiger partial charge in [0.2, 0.25) is 5.76 Å². The first-order chi connectivity index (χ1) is 12.5. The van der Waals surface area contributed by atoms with E-state index in [0.717, 1.165) is 0 Å². The van der Waals surface area contributed by atoms with E-state index in [9.17, 15) is 19.7 Å². The number of carbonyl (C=O) groups is 2. The third kappa shape index (κ3) is 4.06. The molecule has 26 heavy (non-hydrogen) atoms. The summed E-state index contributed by atoms with van der Waals surface area (Å²) in [4.78, 5) is 35.7. The van der Waals surface area contributed by atoms with Crippen molar-refractivity contribution in [3.63, 3.8) is 0 Å².